The summed E-state index contributed by atoms with van der Waals surface area (Å²) in [5.74, 6) is -0.0601. The zero-order chi connectivity index (χ0) is 11.0. The average molecular weight is 204 g/mol. The zero-order valence-corrected chi connectivity index (χ0v) is 8.93. The molecule has 0 aliphatic carbocycles. The number of amides is 1. The minimum atomic E-state index is -0.0601. The average Bonchev–Trinajstić information content (AvgIpc) is 2.59. The Hall–Kier alpha value is -1.91. The summed E-state index contributed by atoms with van der Waals surface area (Å²) in [6.45, 7) is 0. The number of imidazole rings is 1. The van der Waals surface area contributed by atoms with Gasteiger partial charge in [-0.15, -0.1) is 0 Å². The summed E-state index contributed by atoms with van der Waals surface area (Å²) in [6.07, 6.45) is 3.26. The minimum Gasteiger partial charge on any atom is -0.345 e. The first kappa shape index (κ1) is 9.64. The van der Waals surface area contributed by atoms with Gasteiger partial charge < -0.3 is 9.47 Å². The highest BCUT2D eigenvalue weighted by Gasteiger charge is 2.10. The Morgan fingerprint density at radius 3 is 2.80 bits per heavy atom. The molecule has 2 rings (SSSR count). The first-order chi connectivity index (χ1) is 7.09. The summed E-state index contributed by atoms with van der Waals surface area (Å²) in [4.78, 5) is 21.5. The van der Waals surface area contributed by atoms with E-state index in [0.717, 1.165) is 11.2 Å². The summed E-state index contributed by atoms with van der Waals surface area (Å²) in [6, 6.07) is 1.75. The van der Waals surface area contributed by atoms with Gasteiger partial charge in [0.1, 0.15) is 5.52 Å². The molecule has 0 aromatic carbocycles. The maximum atomic E-state index is 11.6. The highest BCUT2D eigenvalue weighted by molar-refractivity contribution is 5.96. The van der Waals surface area contributed by atoms with Crippen LogP contribution in [0.4, 0.5) is 0 Å². The summed E-state index contributed by atoms with van der Waals surface area (Å²) < 4.78 is 1.82. The Labute approximate surface area is 87.4 Å². The molecule has 0 spiro atoms. The Balaban J connectivity index is 2.52. The van der Waals surface area contributed by atoms with Crippen molar-refractivity contribution >= 4 is 17.1 Å². The maximum absolute atomic E-state index is 11.6. The second-order valence-electron chi connectivity index (χ2n) is 3.62. The van der Waals surface area contributed by atoms with E-state index in [1.165, 1.54) is 4.90 Å². The number of pyridine rings is 1. The first-order valence-electron chi connectivity index (χ1n) is 4.58. The molecule has 0 saturated carbocycles. The zero-order valence-electron chi connectivity index (χ0n) is 8.93. The Bertz CT molecular complexity index is 515. The van der Waals surface area contributed by atoms with Crippen molar-refractivity contribution in [2.45, 2.75) is 0 Å². The van der Waals surface area contributed by atoms with E-state index in [2.05, 4.69) is 9.97 Å². The van der Waals surface area contributed by atoms with Crippen LogP contribution in [0.3, 0.4) is 0 Å². The van der Waals surface area contributed by atoms with Crippen LogP contribution >= 0.6 is 0 Å². The SMILES string of the molecule is CN(C)C(=O)c1cnc2c(c1)ncn2C. The molecule has 2 heterocycles. The van der Waals surface area contributed by atoms with Crippen molar-refractivity contribution in [3.05, 3.63) is 24.2 Å². The van der Waals surface area contributed by atoms with Gasteiger partial charge in [-0.25, -0.2) is 9.97 Å². The number of aryl methyl sites for hydroxylation is 1. The lowest BCUT2D eigenvalue weighted by Gasteiger charge is -2.09. The molecule has 78 valence electrons. The summed E-state index contributed by atoms with van der Waals surface area (Å²) in [5, 5.41) is 0. The smallest absolute Gasteiger partial charge is 0.254 e. The van der Waals surface area contributed by atoms with Crippen LogP contribution in [0.15, 0.2) is 18.6 Å². The molecule has 2 aromatic rings. The Morgan fingerprint density at radius 2 is 2.13 bits per heavy atom. The molecule has 5 nitrogen and oxygen atoms in total. The fourth-order valence-corrected chi connectivity index (χ4v) is 1.39. The van der Waals surface area contributed by atoms with Gasteiger partial charge in [0.25, 0.3) is 5.91 Å². The quantitative estimate of drug-likeness (QED) is 0.686. The second-order valence-corrected chi connectivity index (χ2v) is 3.62. The fourth-order valence-electron chi connectivity index (χ4n) is 1.39. The number of carbonyl (C=O) groups is 1. The largest absolute Gasteiger partial charge is 0.345 e. The van der Waals surface area contributed by atoms with E-state index in [4.69, 9.17) is 0 Å². The summed E-state index contributed by atoms with van der Waals surface area (Å²) in [7, 11) is 5.30. The van der Waals surface area contributed by atoms with Crippen molar-refractivity contribution in [3.63, 3.8) is 0 Å². The predicted octanol–water partition coefficient (Wildman–Crippen LogP) is 0.670. The molecule has 0 unspecified atom stereocenters. The fraction of sp³-hybridized carbons (Fsp3) is 0.300. The van der Waals surface area contributed by atoms with Crippen LogP contribution in [0.1, 0.15) is 10.4 Å². The van der Waals surface area contributed by atoms with Crippen LogP contribution in [0.25, 0.3) is 11.2 Å². The number of rotatable bonds is 1. The van der Waals surface area contributed by atoms with Gasteiger partial charge >= 0.3 is 0 Å². The van der Waals surface area contributed by atoms with Gasteiger partial charge in [-0.2, -0.15) is 0 Å². The van der Waals surface area contributed by atoms with Crippen molar-refractivity contribution in [2.75, 3.05) is 14.1 Å². The van der Waals surface area contributed by atoms with Crippen LogP contribution in [0.2, 0.25) is 0 Å². The second kappa shape index (κ2) is 3.34. The normalized spacial score (nSPS) is 10.6. The van der Waals surface area contributed by atoms with Crippen molar-refractivity contribution in [2.24, 2.45) is 7.05 Å². The highest BCUT2D eigenvalue weighted by Crippen LogP contribution is 2.11. The van der Waals surface area contributed by atoms with Crippen molar-refractivity contribution in [1.29, 1.82) is 0 Å². The molecular formula is C10H12N4O. The van der Waals surface area contributed by atoms with Crippen LogP contribution in [-0.4, -0.2) is 39.4 Å². The monoisotopic (exact) mass is 204 g/mol. The van der Waals surface area contributed by atoms with E-state index in [1.54, 1.807) is 32.7 Å². The highest BCUT2D eigenvalue weighted by atomic mass is 16.2. The van der Waals surface area contributed by atoms with E-state index >= 15 is 0 Å². The van der Waals surface area contributed by atoms with E-state index in [-0.39, 0.29) is 5.91 Å². The third kappa shape index (κ3) is 1.56. The van der Waals surface area contributed by atoms with Gasteiger partial charge in [-0.1, -0.05) is 0 Å². The molecule has 0 radical (unpaired) electrons. The third-order valence-corrected chi connectivity index (χ3v) is 2.20. The van der Waals surface area contributed by atoms with Crippen LogP contribution in [-0.2, 0) is 7.05 Å². The molecule has 15 heavy (non-hydrogen) atoms. The molecule has 0 saturated heterocycles. The summed E-state index contributed by atoms with van der Waals surface area (Å²) >= 11 is 0. The number of hydrogen-bond acceptors (Lipinski definition) is 3. The van der Waals surface area contributed by atoms with Crippen molar-refractivity contribution in [1.82, 2.24) is 19.4 Å². The standard InChI is InChI=1S/C10H12N4O/c1-13(2)10(15)7-4-8-9(11-5-7)14(3)6-12-8/h4-6H,1-3H3. The summed E-state index contributed by atoms with van der Waals surface area (Å²) in [5.41, 5.74) is 2.08. The minimum absolute atomic E-state index is 0.0601. The van der Waals surface area contributed by atoms with E-state index in [0.29, 0.717) is 5.56 Å². The number of aromatic nitrogens is 3. The Kier molecular flexibility index (Phi) is 2.15. The molecule has 5 heteroatoms. The van der Waals surface area contributed by atoms with Gasteiger partial charge in [0.05, 0.1) is 11.9 Å². The lowest BCUT2D eigenvalue weighted by molar-refractivity contribution is 0.0827. The molecule has 0 aliphatic heterocycles. The van der Waals surface area contributed by atoms with Crippen molar-refractivity contribution in [3.8, 4) is 0 Å². The van der Waals surface area contributed by atoms with Crippen LogP contribution < -0.4 is 0 Å². The first-order valence-corrected chi connectivity index (χ1v) is 4.58. The Morgan fingerprint density at radius 1 is 1.40 bits per heavy atom. The molecular weight excluding hydrogens is 192 g/mol. The number of fused-ring (bicyclic) bond motifs is 1. The number of nitrogens with zero attached hydrogens (tertiary/aromatic N) is 4. The van der Waals surface area contributed by atoms with E-state index in [1.807, 2.05) is 11.6 Å². The maximum Gasteiger partial charge on any atom is 0.254 e. The molecule has 0 aliphatic rings. The van der Waals surface area contributed by atoms with Gasteiger partial charge in [-0.05, 0) is 6.07 Å². The van der Waals surface area contributed by atoms with E-state index in [9.17, 15) is 4.79 Å². The van der Waals surface area contributed by atoms with Gasteiger partial charge in [0.2, 0.25) is 0 Å². The molecule has 0 bridgehead atoms. The third-order valence-electron chi connectivity index (χ3n) is 2.20. The predicted molar refractivity (Wildman–Crippen MR) is 56.5 cm³/mol. The van der Waals surface area contributed by atoms with Gasteiger partial charge in [0, 0.05) is 27.3 Å². The van der Waals surface area contributed by atoms with E-state index < -0.39 is 0 Å². The van der Waals surface area contributed by atoms with Crippen LogP contribution in [0, 0.1) is 0 Å². The molecule has 2 aromatic heterocycles. The van der Waals surface area contributed by atoms with Crippen LogP contribution in [0.5, 0.6) is 0 Å². The molecule has 0 atom stereocenters. The molecule has 1 amide bonds. The molecule has 0 fully saturated rings. The number of hydrogen-bond donors (Lipinski definition) is 0. The topological polar surface area (TPSA) is 51.0 Å². The lowest BCUT2D eigenvalue weighted by Crippen LogP contribution is -2.21. The van der Waals surface area contributed by atoms with Gasteiger partial charge in [0.15, 0.2) is 5.65 Å². The lowest BCUT2D eigenvalue weighted by atomic mass is 10.2. The molecule has 0 N–H and O–H groups in total. The number of carbonyl (C=O) groups excluding carboxylic acids is 1. The van der Waals surface area contributed by atoms with Crippen molar-refractivity contribution < 1.29 is 4.79 Å². The van der Waals surface area contributed by atoms with Gasteiger partial charge in [-0.3, -0.25) is 4.79 Å².